The van der Waals surface area contributed by atoms with Gasteiger partial charge in [0.15, 0.2) is 0 Å². The Hall–Kier alpha value is -3.19. The Morgan fingerprint density at radius 3 is 2.54 bits per heavy atom. The second-order valence-corrected chi connectivity index (χ2v) is 6.59. The molecular weight excluding hydrogens is 350 g/mol. The van der Waals surface area contributed by atoms with E-state index in [4.69, 9.17) is 4.74 Å². The van der Waals surface area contributed by atoms with Crippen LogP contribution in [-0.4, -0.2) is 26.8 Å². The molecule has 0 aliphatic heterocycles. The minimum absolute atomic E-state index is 0.200. The lowest BCUT2D eigenvalue weighted by Gasteiger charge is -2.05. The van der Waals surface area contributed by atoms with Gasteiger partial charge in [-0.2, -0.15) is 10.1 Å². The van der Waals surface area contributed by atoms with Crippen LogP contribution in [0.2, 0.25) is 0 Å². The van der Waals surface area contributed by atoms with Crippen LogP contribution < -0.4 is 10.3 Å². The monoisotopic (exact) mass is 365 g/mol. The number of aromatic nitrogens is 3. The van der Waals surface area contributed by atoms with Crippen LogP contribution in [0.4, 0.5) is 0 Å². The summed E-state index contributed by atoms with van der Waals surface area (Å²) in [5.74, 6) is 0.964. The van der Waals surface area contributed by atoms with Gasteiger partial charge in [0.25, 0.3) is 5.56 Å². The van der Waals surface area contributed by atoms with E-state index in [1.165, 1.54) is 11.3 Å². The molecule has 2 heterocycles. The summed E-state index contributed by atoms with van der Waals surface area (Å²) in [6, 6.07) is 14.4. The van der Waals surface area contributed by atoms with Crippen LogP contribution in [0.25, 0.3) is 16.2 Å². The summed E-state index contributed by atoms with van der Waals surface area (Å²) in [5.41, 5.74) is 2.74. The van der Waals surface area contributed by atoms with Gasteiger partial charge in [0.05, 0.1) is 12.8 Å². The second-order valence-electron chi connectivity index (χ2n) is 5.75. The first-order chi connectivity index (χ1) is 12.6. The van der Waals surface area contributed by atoms with Gasteiger partial charge >= 0.3 is 0 Å². The highest BCUT2D eigenvalue weighted by Crippen LogP contribution is 2.25. The number of rotatable bonds is 4. The van der Waals surface area contributed by atoms with Gasteiger partial charge in [-0.15, -0.1) is 11.3 Å². The molecule has 0 spiro atoms. The van der Waals surface area contributed by atoms with Crippen molar-refractivity contribution in [2.75, 3.05) is 7.11 Å². The molecule has 2 aromatic carbocycles. The van der Waals surface area contributed by atoms with Gasteiger partial charge in [0, 0.05) is 17.4 Å². The normalized spacial score (nSPS) is 11.0. The summed E-state index contributed by atoms with van der Waals surface area (Å²) >= 11 is 1.36. The fourth-order valence-electron chi connectivity index (χ4n) is 2.67. The molecular formula is C19H15N3O3S. The Morgan fingerprint density at radius 2 is 1.85 bits per heavy atom. The maximum absolute atomic E-state index is 12.3. The van der Waals surface area contributed by atoms with Crippen LogP contribution in [0.15, 0.2) is 58.7 Å². The van der Waals surface area contributed by atoms with Crippen molar-refractivity contribution in [3.63, 3.8) is 0 Å². The fourth-order valence-corrected chi connectivity index (χ4v) is 3.49. The third-order valence-corrected chi connectivity index (χ3v) is 4.86. The first kappa shape index (κ1) is 16.3. The zero-order valence-electron chi connectivity index (χ0n) is 13.9. The maximum Gasteiger partial charge on any atom is 0.296 e. The predicted octanol–water partition coefficient (Wildman–Crippen LogP) is 3.12. The lowest BCUT2D eigenvalue weighted by Crippen LogP contribution is -2.18. The summed E-state index contributed by atoms with van der Waals surface area (Å²) in [6.45, 7) is 0. The van der Waals surface area contributed by atoms with E-state index >= 15 is 0 Å². The van der Waals surface area contributed by atoms with E-state index in [0.29, 0.717) is 17.1 Å². The molecule has 26 heavy (non-hydrogen) atoms. The van der Waals surface area contributed by atoms with Crippen molar-refractivity contribution in [3.05, 3.63) is 75.5 Å². The van der Waals surface area contributed by atoms with Crippen molar-refractivity contribution < 1.29 is 9.84 Å². The highest BCUT2D eigenvalue weighted by molar-refractivity contribution is 7.15. The molecule has 0 aliphatic carbocycles. The van der Waals surface area contributed by atoms with Gasteiger partial charge in [-0.25, -0.2) is 4.52 Å². The van der Waals surface area contributed by atoms with Crippen LogP contribution in [0, 0.1) is 0 Å². The Morgan fingerprint density at radius 1 is 1.12 bits per heavy atom. The highest BCUT2D eigenvalue weighted by Gasteiger charge is 2.12. The maximum atomic E-state index is 12.3. The van der Waals surface area contributed by atoms with Gasteiger partial charge in [-0.05, 0) is 42.0 Å². The molecule has 7 heteroatoms. The minimum atomic E-state index is -0.320. The summed E-state index contributed by atoms with van der Waals surface area (Å²) < 4.78 is 6.83. The Balaban J connectivity index is 1.75. The smallest absolute Gasteiger partial charge is 0.296 e. The quantitative estimate of drug-likeness (QED) is 0.601. The number of aromatic hydroxyl groups is 1. The van der Waals surface area contributed by atoms with Crippen molar-refractivity contribution in [1.29, 1.82) is 0 Å². The van der Waals surface area contributed by atoms with Crippen molar-refractivity contribution in [1.82, 2.24) is 14.6 Å². The number of ether oxygens (including phenoxy) is 1. The molecule has 0 saturated carbocycles. The summed E-state index contributed by atoms with van der Waals surface area (Å²) in [7, 11) is 1.61. The van der Waals surface area contributed by atoms with Crippen molar-refractivity contribution in [3.8, 4) is 22.8 Å². The van der Waals surface area contributed by atoms with Crippen LogP contribution in [-0.2, 0) is 6.42 Å². The molecule has 0 amide bonds. The first-order valence-corrected chi connectivity index (χ1v) is 8.82. The molecule has 0 atom stereocenters. The molecule has 0 aliphatic rings. The number of phenols is 1. The fraction of sp³-hybridized carbons (Fsp3) is 0.105. The van der Waals surface area contributed by atoms with Crippen molar-refractivity contribution in [2.45, 2.75) is 6.42 Å². The SMILES string of the molecule is COc1ccc(Cc2nn3c(-c4ccc(O)cc4)csc3nc2=O)cc1. The van der Waals surface area contributed by atoms with Crippen LogP contribution in [0.5, 0.6) is 11.5 Å². The van der Waals surface area contributed by atoms with Gasteiger partial charge in [0.1, 0.15) is 17.2 Å². The van der Waals surface area contributed by atoms with Gasteiger partial charge < -0.3 is 9.84 Å². The number of hydrogen-bond donors (Lipinski definition) is 1. The molecule has 2 aromatic heterocycles. The van der Waals surface area contributed by atoms with Crippen LogP contribution in [0.3, 0.4) is 0 Å². The molecule has 0 bridgehead atoms. The number of thiazole rings is 1. The molecule has 0 unspecified atom stereocenters. The molecule has 1 N–H and O–H groups in total. The van der Waals surface area contributed by atoms with Crippen molar-refractivity contribution >= 4 is 16.3 Å². The first-order valence-electron chi connectivity index (χ1n) is 7.94. The van der Waals surface area contributed by atoms with Gasteiger partial charge in [0.2, 0.25) is 4.96 Å². The minimum Gasteiger partial charge on any atom is -0.508 e. The summed E-state index contributed by atoms with van der Waals surface area (Å²) in [5, 5.41) is 15.9. The number of phenolic OH excluding ortho intramolecular Hbond substituents is 1. The number of benzene rings is 2. The lowest BCUT2D eigenvalue weighted by atomic mass is 10.1. The average molecular weight is 365 g/mol. The Labute approximate surface area is 153 Å². The molecule has 130 valence electrons. The van der Waals surface area contributed by atoms with E-state index in [1.54, 1.807) is 35.9 Å². The third-order valence-electron chi connectivity index (χ3n) is 4.04. The number of hydrogen-bond acceptors (Lipinski definition) is 6. The molecule has 0 radical (unpaired) electrons. The third kappa shape index (κ3) is 3.04. The van der Waals surface area contributed by atoms with E-state index in [1.807, 2.05) is 29.6 Å². The largest absolute Gasteiger partial charge is 0.508 e. The van der Waals surface area contributed by atoms with E-state index in [2.05, 4.69) is 10.1 Å². The van der Waals surface area contributed by atoms with Crippen LogP contribution >= 0.6 is 11.3 Å². The Bertz CT molecular complexity index is 1120. The number of fused-ring (bicyclic) bond motifs is 1. The van der Waals surface area contributed by atoms with Crippen LogP contribution in [0.1, 0.15) is 11.3 Å². The number of methoxy groups -OCH3 is 1. The molecule has 4 aromatic rings. The summed E-state index contributed by atoms with van der Waals surface area (Å²) in [4.78, 5) is 17.0. The van der Waals surface area contributed by atoms with Gasteiger partial charge in [-0.3, -0.25) is 4.79 Å². The molecule has 0 fully saturated rings. The Kier molecular flexibility index (Phi) is 4.14. The van der Waals surface area contributed by atoms with Crippen molar-refractivity contribution in [2.24, 2.45) is 0 Å². The molecule has 6 nitrogen and oxygen atoms in total. The highest BCUT2D eigenvalue weighted by atomic mass is 32.1. The van der Waals surface area contributed by atoms with E-state index < -0.39 is 0 Å². The zero-order valence-corrected chi connectivity index (χ0v) is 14.7. The van der Waals surface area contributed by atoms with E-state index in [-0.39, 0.29) is 11.3 Å². The van der Waals surface area contributed by atoms with Gasteiger partial charge in [-0.1, -0.05) is 12.1 Å². The average Bonchev–Trinajstić information content (AvgIpc) is 3.06. The molecule has 0 saturated heterocycles. The van der Waals surface area contributed by atoms with E-state index in [9.17, 15) is 9.90 Å². The summed E-state index contributed by atoms with van der Waals surface area (Å²) in [6.07, 6.45) is 0.392. The lowest BCUT2D eigenvalue weighted by molar-refractivity contribution is 0.414. The topological polar surface area (TPSA) is 76.7 Å². The number of nitrogens with zero attached hydrogens (tertiary/aromatic N) is 3. The second kappa shape index (κ2) is 6.61. The molecule has 4 rings (SSSR count). The standard InChI is InChI=1S/C19H15N3O3S/c1-25-15-8-2-12(3-9-15)10-16-18(24)20-19-22(21-16)17(11-26-19)13-4-6-14(23)7-5-13/h2-9,11,23H,10H2,1H3. The van der Waals surface area contributed by atoms with E-state index in [0.717, 1.165) is 22.6 Å². The predicted molar refractivity (Wildman–Crippen MR) is 100 cm³/mol. The zero-order chi connectivity index (χ0) is 18.1.